The summed E-state index contributed by atoms with van der Waals surface area (Å²) in [5, 5.41) is 0. The summed E-state index contributed by atoms with van der Waals surface area (Å²) < 4.78 is 30.6. The molecule has 1 aliphatic rings. The molecule has 0 spiro atoms. The highest BCUT2D eigenvalue weighted by molar-refractivity contribution is 8.00. The van der Waals surface area contributed by atoms with Gasteiger partial charge >= 0.3 is 5.97 Å². The van der Waals surface area contributed by atoms with Gasteiger partial charge in [-0.15, -0.1) is 11.8 Å². The molecule has 0 N–H and O–H groups in total. The van der Waals surface area contributed by atoms with Crippen LogP contribution in [0, 0.1) is 13.8 Å². The molecule has 0 amide bonds. The van der Waals surface area contributed by atoms with Crippen molar-refractivity contribution in [1.82, 2.24) is 4.57 Å². The molecule has 0 bridgehead atoms. The van der Waals surface area contributed by atoms with E-state index in [9.17, 15) is 18.0 Å². The Morgan fingerprint density at radius 3 is 2.57 bits per heavy atom. The van der Waals surface area contributed by atoms with Crippen LogP contribution in [-0.2, 0) is 19.4 Å². The molecule has 0 radical (unpaired) electrons. The summed E-state index contributed by atoms with van der Waals surface area (Å²) in [7, 11) is -3.02. The number of nitrogens with zero attached hydrogens (tertiary/aromatic N) is 1. The largest absolute Gasteiger partial charge is 0.457 e. The first-order valence-electron chi connectivity index (χ1n) is 9.02. The number of carbonyl (C=O) groups excluding carboxylic acids is 2. The van der Waals surface area contributed by atoms with Gasteiger partial charge in [-0.25, -0.2) is 8.42 Å². The van der Waals surface area contributed by atoms with Crippen molar-refractivity contribution >= 4 is 33.4 Å². The third kappa shape index (κ3) is 4.86. The number of rotatable bonds is 7. The van der Waals surface area contributed by atoms with Crippen LogP contribution in [0.1, 0.15) is 34.2 Å². The van der Waals surface area contributed by atoms with Crippen molar-refractivity contribution < 1.29 is 22.7 Å². The number of ether oxygens (including phenoxy) is 1. The minimum Gasteiger partial charge on any atom is -0.457 e. The summed E-state index contributed by atoms with van der Waals surface area (Å²) in [6.45, 7) is 3.34. The maximum Gasteiger partial charge on any atom is 0.316 e. The molecule has 1 aromatic heterocycles. The van der Waals surface area contributed by atoms with Crippen LogP contribution in [0.2, 0.25) is 0 Å². The fourth-order valence-electron chi connectivity index (χ4n) is 3.52. The lowest BCUT2D eigenvalue weighted by Gasteiger charge is -2.16. The van der Waals surface area contributed by atoms with Crippen LogP contribution < -0.4 is 0 Å². The molecule has 1 saturated heterocycles. The van der Waals surface area contributed by atoms with Crippen molar-refractivity contribution in [2.24, 2.45) is 0 Å². The molecular weight excluding hydrogens is 398 g/mol. The van der Waals surface area contributed by atoms with Gasteiger partial charge in [-0.2, -0.15) is 0 Å². The molecule has 1 aromatic carbocycles. The van der Waals surface area contributed by atoms with Crippen LogP contribution in [0.15, 0.2) is 41.3 Å². The zero-order valence-corrected chi connectivity index (χ0v) is 17.5. The SMILES string of the molecule is Cc1cc(C(=O)COC(=O)CSc2ccccc2)c(C)n1[C@@H]1CCS(=O)(=O)C1. The predicted octanol–water partition coefficient (Wildman–Crippen LogP) is 2.98. The van der Waals surface area contributed by atoms with Crippen molar-refractivity contribution in [1.29, 1.82) is 0 Å². The molecule has 8 heteroatoms. The lowest BCUT2D eigenvalue weighted by molar-refractivity contribution is -0.139. The third-order valence-electron chi connectivity index (χ3n) is 4.82. The van der Waals surface area contributed by atoms with E-state index in [-0.39, 0.29) is 35.7 Å². The van der Waals surface area contributed by atoms with E-state index in [1.54, 1.807) is 13.0 Å². The van der Waals surface area contributed by atoms with Crippen molar-refractivity contribution in [2.75, 3.05) is 23.9 Å². The minimum absolute atomic E-state index is 0.0999. The fraction of sp³-hybridized carbons (Fsp3) is 0.400. The van der Waals surface area contributed by atoms with Gasteiger partial charge in [0.05, 0.1) is 17.3 Å². The zero-order chi connectivity index (χ0) is 20.3. The Hall–Kier alpha value is -2.06. The molecule has 2 aromatic rings. The van der Waals surface area contributed by atoms with Crippen molar-refractivity contribution in [3.05, 3.63) is 53.3 Å². The van der Waals surface area contributed by atoms with E-state index in [2.05, 4.69) is 0 Å². The Morgan fingerprint density at radius 1 is 1.21 bits per heavy atom. The van der Waals surface area contributed by atoms with Crippen LogP contribution in [0.5, 0.6) is 0 Å². The topological polar surface area (TPSA) is 82.4 Å². The predicted molar refractivity (Wildman–Crippen MR) is 109 cm³/mol. The van der Waals surface area contributed by atoms with Gasteiger partial charge in [0.25, 0.3) is 0 Å². The molecule has 3 rings (SSSR count). The van der Waals surface area contributed by atoms with E-state index >= 15 is 0 Å². The smallest absolute Gasteiger partial charge is 0.316 e. The molecule has 0 aliphatic carbocycles. The average Bonchev–Trinajstić information content (AvgIpc) is 3.16. The normalized spacial score (nSPS) is 18.1. The molecule has 1 fully saturated rings. The highest BCUT2D eigenvalue weighted by atomic mass is 32.2. The number of aromatic nitrogens is 1. The first-order chi connectivity index (χ1) is 13.3. The van der Waals surface area contributed by atoms with E-state index in [1.807, 2.05) is 41.8 Å². The lowest BCUT2D eigenvalue weighted by atomic mass is 10.1. The van der Waals surface area contributed by atoms with Gasteiger partial charge in [-0.05, 0) is 38.5 Å². The molecule has 1 aliphatic heterocycles. The second-order valence-electron chi connectivity index (χ2n) is 6.90. The summed E-state index contributed by atoms with van der Waals surface area (Å²) in [6, 6.07) is 11.1. The van der Waals surface area contributed by atoms with Gasteiger partial charge in [-0.1, -0.05) is 18.2 Å². The Morgan fingerprint density at radius 2 is 1.93 bits per heavy atom. The first-order valence-corrected chi connectivity index (χ1v) is 11.8. The van der Waals surface area contributed by atoms with Crippen molar-refractivity contribution in [3.8, 4) is 0 Å². The Balaban J connectivity index is 1.59. The number of hydrogen-bond acceptors (Lipinski definition) is 6. The third-order valence-corrected chi connectivity index (χ3v) is 7.56. The standard InChI is InChI=1S/C20H23NO5S2/c1-14-10-18(15(2)21(14)16-8-9-28(24,25)13-16)19(22)11-26-20(23)12-27-17-6-4-3-5-7-17/h3-7,10,16H,8-9,11-13H2,1-2H3/t16-/m1/s1. The summed E-state index contributed by atoms with van der Waals surface area (Å²) in [5.74, 6) is -0.315. The van der Waals surface area contributed by atoms with Gasteiger partial charge in [-0.3, -0.25) is 9.59 Å². The maximum absolute atomic E-state index is 12.5. The molecule has 0 saturated carbocycles. The van der Waals surface area contributed by atoms with Crippen molar-refractivity contribution in [3.63, 3.8) is 0 Å². The molecule has 2 heterocycles. The quantitative estimate of drug-likeness (QED) is 0.388. The summed E-state index contributed by atoms with van der Waals surface area (Å²) in [6.07, 6.45) is 0.554. The molecular formula is C20H23NO5S2. The van der Waals surface area contributed by atoms with Gasteiger partial charge < -0.3 is 9.30 Å². The van der Waals surface area contributed by atoms with Gasteiger partial charge in [0.2, 0.25) is 5.78 Å². The zero-order valence-electron chi connectivity index (χ0n) is 15.9. The van der Waals surface area contributed by atoms with E-state index in [0.717, 1.165) is 16.3 Å². The molecule has 28 heavy (non-hydrogen) atoms. The Labute approximate surface area is 169 Å². The first kappa shape index (κ1) is 20.7. The number of thioether (sulfide) groups is 1. The van der Waals surface area contributed by atoms with Crippen LogP contribution in [0.4, 0.5) is 0 Å². The van der Waals surface area contributed by atoms with Crippen molar-refractivity contribution in [2.45, 2.75) is 31.2 Å². The van der Waals surface area contributed by atoms with Crippen LogP contribution in [-0.4, -0.2) is 48.6 Å². The number of sulfone groups is 1. The molecule has 6 nitrogen and oxygen atoms in total. The van der Waals surface area contributed by atoms with E-state index in [1.165, 1.54) is 11.8 Å². The van der Waals surface area contributed by atoms with Crippen LogP contribution >= 0.6 is 11.8 Å². The van der Waals surface area contributed by atoms with Crippen LogP contribution in [0.3, 0.4) is 0 Å². The van der Waals surface area contributed by atoms with E-state index in [0.29, 0.717) is 12.0 Å². The lowest BCUT2D eigenvalue weighted by Crippen LogP contribution is -2.17. The molecule has 150 valence electrons. The summed E-state index contributed by atoms with van der Waals surface area (Å²) >= 11 is 1.36. The number of hydrogen-bond donors (Lipinski definition) is 0. The van der Waals surface area contributed by atoms with E-state index < -0.39 is 15.8 Å². The Bertz CT molecular complexity index is 980. The highest BCUT2D eigenvalue weighted by Gasteiger charge is 2.31. The summed E-state index contributed by atoms with van der Waals surface area (Å²) in [5.41, 5.74) is 2.04. The minimum atomic E-state index is -3.02. The molecule has 0 unspecified atom stereocenters. The maximum atomic E-state index is 12.5. The number of ketones is 1. The number of esters is 1. The number of aryl methyl sites for hydroxylation is 1. The number of Topliss-reactive ketones (excluding diaryl/α,β-unsaturated/α-hetero) is 1. The number of carbonyl (C=O) groups is 2. The van der Waals surface area contributed by atoms with E-state index in [4.69, 9.17) is 4.74 Å². The molecule has 1 atom stereocenters. The fourth-order valence-corrected chi connectivity index (χ4v) is 5.94. The monoisotopic (exact) mass is 421 g/mol. The second kappa shape index (κ2) is 8.53. The second-order valence-corrected chi connectivity index (χ2v) is 10.2. The van der Waals surface area contributed by atoms with Gasteiger partial charge in [0.1, 0.15) is 0 Å². The number of benzene rings is 1. The highest BCUT2D eigenvalue weighted by Crippen LogP contribution is 2.29. The Kier molecular flexibility index (Phi) is 6.30. The summed E-state index contributed by atoms with van der Waals surface area (Å²) in [4.78, 5) is 25.4. The van der Waals surface area contributed by atoms with Crippen LogP contribution in [0.25, 0.3) is 0 Å². The van der Waals surface area contributed by atoms with Gasteiger partial charge in [0, 0.05) is 27.9 Å². The van der Waals surface area contributed by atoms with Gasteiger partial charge in [0.15, 0.2) is 16.4 Å². The average molecular weight is 422 g/mol.